The number of carboxylic acids is 1. The lowest BCUT2D eigenvalue weighted by Crippen LogP contribution is -2.47. The molecule has 31 heavy (non-hydrogen) atoms. The number of piperazine rings is 1. The number of aromatic nitrogens is 2. The molecule has 1 aliphatic rings. The highest BCUT2D eigenvalue weighted by Crippen LogP contribution is 2.28. The largest absolute Gasteiger partial charge is 0.478 e. The Bertz CT molecular complexity index is 1070. The highest BCUT2D eigenvalue weighted by Gasteiger charge is 2.21. The Morgan fingerprint density at radius 3 is 2.32 bits per heavy atom. The number of carbonyl (C=O) groups is 1. The predicted octanol–water partition coefficient (Wildman–Crippen LogP) is 5.10. The van der Waals surface area contributed by atoms with Gasteiger partial charge in [-0.05, 0) is 29.8 Å². The van der Waals surface area contributed by atoms with E-state index in [4.69, 9.17) is 28.3 Å². The zero-order valence-corrected chi connectivity index (χ0v) is 18.9. The first kappa shape index (κ1) is 21.7. The highest BCUT2D eigenvalue weighted by atomic mass is 35.5. The monoisotopic (exact) mass is 474 g/mol. The molecule has 160 valence electrons. The first-order valence-corrected chi connectivity index (χ1v) is 11.5. The molecule has 0 atom stereocenters. The number of hydrogen-bond donors (Lipinski definition) is 1. The first-order valence-electron chi connectivity index (χ1n) is 9.73. The van der Waals surface area contributed by atoms with Gasteiger partial charge in [-0.25, -0.2) is 14.8 Å². The van der Waals surface area contributed by atoms with E-state index in [1.54, 1.807) is 30.3 Å². The minimum absolute atomic E-state index is 0.269. The average Bonchev–Trinajstić information content (AvgIpc) is 2.78. The van der Waals surface area contributed by atoms with Crippen LogP contribution in [0.2, 0.25) is 10.2 Å². The van der Waals surface area contributed by atoms with E-state index >= 15 is 0 Å². The average molecular weight is 475 g/mol. The summed E-state index contributed by atoms with van der Waals surface area (Å²) in [5.41, 5.74) is 2.31. The second-order valence-electron chi connectivity index (χ2n) is 7.05. The fraction of sp³-hybridized carbons (Fsp3) is 0.227. The van der Waals surface area contributed by atoms with Crippen LogP contribution in [0.3, 0.4) is 0 Å². The lowest BCUT2D eigenvalue weighted by atomic mass is 10.1. The number of nitrogens with zero attached hydrogens (tertiary/aromatic N) is 4. The molecule has 1 N–H and O–H groups in total. The van der Waals surface area contributed by atoms with Crippen LogP contribution < -0.4 is 9.80 Å². The smallest absolute Gasteiger partial charge is 0.335 e. The van der Waals surface area contributed by atoms with E-state index in [1.807, 2.05) is 24.3 Å². The predicted molar refractivity (Wildman–Crippen MR) is 126 cm³/mol. The lowest BCUT2D eigenvalue weighted by Gasteiger charge is -2.37. The summed E-state index contributed by atoms with van der Waals surface area (Å²) < 4.78 is 0. The summed E-state index contributed by atoms with van der Waals surface area (Å²) in [5, 5.41) is 10.8. The second kappa shape index (κ2) is 9.77. The minimum atomic E-state index is -0.934. The third-order valence-electron chi connectivity index (χ3n) is 5.03. The third kappa shape index (κ3) is 5.42. The molecule has 2 aromatic carbocycles. The van der Waals surface area contributed by atoms with Gasteiger partial charge in [0.15, 0.2) is 5.16 Å². The summed E-state index contributed by atoms with van der Waals surface area (Å²) in [6, 6.07) is 16.5. The van der Waals surface area contributed by atoms with Gasteiger partial charge in [0.05, 0.1) is 16.3 Å². The summed E-state index contributed by atoms with van der Waals surface area (Å²) in [6.45, 7) is 3.28. The van der Waals surface area contributed by atoms with Gasteiger partial charge in [0.2, 0.25) is 0 Å². The van der Waals surface area contributed by atoms with Crippen molar-refractivity contribution in [3.8, 4) is 0 Å². The van der Waals surface area contributed by atoms with Crippen LogP contribution >= 0.6 is 35.0 Å². The summed E-state index contributed by atoms with van der Waals surface area (Å²) >= 11 is 14.1. The van der Waals surface area contributed by atoms with Crippen molar-refractivity contribution in [2.24, 2.45) is 0 Å². The molecule has 2 heterocycles. The Morgan fingerprint density at radius 2 is 1.65 bits per heavy atom. The molecule has 6 nitrogen and oxygen atoms in total. The van der Waals surface area contributed by atoms with Gasteiger partial charge >= 0.3 is 5.97 Å². The summed E-state index contributed by atoms with van der Waals surface area (Å²) in [4.78, 5) is 24.5. The van der Waals surface area contributed by atoms with Crippen LogP contribution in [-0.2, 0) is 5.75 Å². The topological polar surface area (TPSA) is 69.6 Å². The van der Waals surface area contributed by atoms with Crippen LogP contribution in [0.4, 0.5) is 11.5 Å². The van der Waals surface area contributed by atoms with Crippen LogP contribution in [0.1, 0.15) is 15.9 Å². The second-order valence-corrected chi connectivity index (χ2v) is 8.78. The maximum absolute atomic E-state index is 11.0. The fourth-order valence-electron chi connectivity index (χ4n) is 3.39. The van der Waals surface area contributed by atoms with Gasteiger partial charge in [0.25, 0.3) is 0 Å². The summed E-state index contributed by atoms with van der Waals surface area (Å²) in [7, 11) is 0. The van der Waals surface area contributed by atoms with Crippen LogP contribution in [0.5, 0.6) is 0 Å². The minimum Gasteiger partial charge on any atom is -0.478 e. The fourth-order valence-corrected chi connectivity index (χ4v) is 4.68. The van der Waals surface area contributed by atoms with Crippen LogP contribution in [-0.4, -0.2) is 47.2 Å². The van der Waals surface area contributed by atoms with Gasteiger partial charge in [0, 0.05) is 38.0 Å². The SMILES string of the molecule is O=C(O)c1ccc(CSc2nc(Cl)cc(N3CCN(c4ccccc4Cl)CC3)n2)cc1. The van der Waals surface area contributed by atoms with Gasteiger partial charge in [-0.2, -0.15) is 0 Å². The number of hydrogen-bond acceptors (Lipinski definition) is 6. The van der Waals surface area contributed by atoms with Crippen LogP contribution in [0.25, 0.3) is 0 Å². The summed E-state index contributed by atoms with van der Waals surface area (Å²) in [6.07, 6.45) is 0. The van der Waals surface area contributed by atoms with E-state index in [9.17, 15) is 4.79 Å². The van der Waals surface area contributed by atoms with Crippen molar-refractivity contribution in [1.82, 2.24) is 9.97 Å². The van der Waals surface area contributed by atoms with Gasteiger partial charge in [-0.3, -0.25) is 0 Å². The Hall–Kier alpha value is -2.48. The molecule has 0 unspecified atom stereocenters. The van der Waals surface area contributed by atoms with E-state index in [2.05, 4.69) is 19.8 Å². The Balaban J connectivity index is 1.40. The van der Waals surface area contributed by atoms with Crippen molar-refractivity contribution in [2.45, 2.75) is 10.9 Å². The van der Waals surface area contributed by atoms with E-state index in [0.717, 1.165) is 48.3 Å². The first-order chi connectivity index (χ1) is 15.0. The van der Waals surface area contributed by atoms with E-state index in [0.29, 0.717) is 16.1 Å². The van der Waals surface area contributed by atoms with Gasteiger partial charge in [-0.15, -0.1) is 0 Å². The number of carboxylic acid groups (broad SMARTS) is 1. The maximum atomic E-state index is 11.0. The Morgan fingerprint density at radius 1 is 0.968 bits per heavy atom. The number of benzene rings is 2. The van der Waals surface area contributed by atoms with Gasteiger partial charge in [0.1, 0.15) is 11.0 Å². The van der Waals surface area contributed by atoms with Crippen LogP contribution in [0, 0.1) is 0 Å². The quantitative estimate of drug-likeness (QED) is 0.302. The molecule has 0 amide bonds. The third-order valence-corrected chi connectivity index (χ3v) is 6.46. The molecular weight excluding hydrogens is 455 g/mol. The van der Waals surface area contributed by atoms with Crippen molar-refractivity contribution in [1.29, 1.82) is 0 Å². The molecule has 0 spiro atoms. The van der Waals surface area contributed by atoms with Gasteiger partial charge < -0.3 is 14.9 Å². The number of para-hydroxylation sites is 1. The lowest BCUT2D eigenvalue weighted by molar-refractivity contribution is 0.0697. The van der Waals surface area contributed by atoms with Crippen molar-refractivity contribution >= 4 is 52.4 Å². The Kier molecular flexibility index (Phi) is 6.85. The number of rotatable bonds is 6. The van der Waals surface area contributed by atoms with E-state index < -0.39 is 5.97 Å². The van der Waals surface area contributed by atoms with Crippen LogP contribution in [0.15, 0.2) is 59.8 Å². The zero-order valence-electron chi connectivity index (χ0n) is 16.5. The van der Waals surface area contributed by atoms with E-state index in [-0.39, 0.29) is 5.56 Å². The molecule has 4 rings (SSSR count). The molecule has 1 aromatic heterocycles. The van der Waals surface area contributed by atoms with Crippen molar-refractivity contribution in [3.05, 3.63) is 75.9 Å². The molecular formula is C22H20Cl2N4O2S. The molecule has 0 radical (unpaired) electrons. The van der Waals surface area contributed by atoms with Crippen molar-refractivity contribution in [2.75, 3.05) is 36.0 Å². The molecule has 1 aliphatic heterocycles. The number of aromatic carboxylic acids is 1. The molecule has 1 fully saturated rings. The van der Waals surface area contributed by atoms with E-state index in [1.165, 1.54) is 11.8 Å². The number of anilines is 2. The zero-order chi connectivity index (χ0) is 21.8. The van der Waals surface area contributed by atoms with Crippen molar-refractivity contribution in [3.63, 3.8) is 0 Å². The summed E-state index contributed by atoms with van der Waals surface area (Å²) in [5.74, 6) is 0.499. The van der Waals surface area contributed by atoms with Crippen molar-refractivity contribution < 1.29 is 9.90 Å². The number of halogens is 2. The molecule has 0 bridgehead atoms. The molecule has 3 aromatic rings. The molecule has 9 heteroatoms. The standard InChI is InChI=1S/C22H20Cl2N4O2S/c23-17-3-1-2-4-18(17)27-9-11-28(12-10-27)20-13-19(24)25-22(26-20)31-14-15-5-7-16(8-6-15)21(29)30/h1-8,13H,9-12,14H2,(H,29,30). The molecule has 1 saturated heterocycles. The normalized spacial score (nSPS) is 14.0. The van der Waals surface area contributed by atoms with Gasteiger partial charge in [-0.1, -0.05) is 59.2 Å². The number of thioether (sulfide) groups is 1. The molecule has 0 saturated carbocycles. The maximum Gasteiger partial charge on any atom is 0.335 e. The Labute approximate surface area is 194 Å². The highest BCUT2D eigenvalue weighted by molar-refractivity contribution is 7.98. The molecule has 0 aliphatic carbocycles.